The van der Waals surface area contributed by atoms with Crippen molar-refractivity contribution in [3.8, 4) is 11.3 Å². The van der Waals surface area contributed by atoms with Crippen LogP contribution in [-0.2, 0) is 13.0 Å². The summed E-state index contributed by atoms with van der Waals surface area (Å²) in [6, 6.07) is 0. The van der Waals surface area contributed by atoms with E-state index in [0.717, 1.165) is 42.3 Å². The minimum absolute atomic E-state index is 0.720. The molecule has 5 heteroatoms. The molecule has 0 radical (unpaired) electrons. The molecule has 1 fully saturated rings. The summed E-state index contributed by atoms with van der Waals surface area (Å²) >= 11 is 0. The highest BCUT2D eigenvalue weighted by Gasteiger charge is 2.20. The maximum Gasteiger partial charge on any atom is 0.0948 e. The Morgan fingerprint density at radius 1 is 1.18 bits per heavy atom. The second kappa shape index (κ2) is 7.01. The molecule has 22 heavy (non-hydrogen) atoms. The Labute approximate surface area is 132 Å². The minimum Gasteiger partial charge on any atom is -0.306 e. The fourth-order valence-electron chi connectivity index (χ4n) is 3.13. The molecule has 0 saturated carbocycles. The lowest BCUT2D eigenvalue weighted by Crippen LogP contribution is -2.31. The fraction of sp³-hybridized carbons (Fsp3) is 0.588. The van der Waals surface area contributed by atoms with E-state index in [2.05, 4.69) is 40.1 Å². The van der Waals surface area contributed by atoms with Crippen molar-refractivity contribution in [3.63, 3.8) is 0 Å². The Morgan fingerprint density at radius 3 is 2.73 bits per heavy atom. The largest absolute Gasteiger partial charge is 0.306 e. The topological polar surface area (TPSA) is 46.8 Å². The SMILES string of the molecule is CCCn1cc(-c2nccnc2CC2CCN(C)CC2)cn1. The van der Waals surface area contributed by atoms with Gasteiger partial charge >= 0.3 is 0 Å². The van der Waals surface area contributed by atoms with Gasteiger partial charge in [-0.05, 0) is 51.7 Å². The first-order valence-electron chi connectivity index (χ1n) is 8.27. The molecular formula is C17H25N5. The summed E-state index contributed by atoms with van der Waals surface area (Å²) < 4.78 is 1.99. The third-order valence-electron chi connectivity index (χ3n) is 4.45. The van der Waals surface area contributed by atoms with Gasteiger partial charge in [-0.25, -0.2) is 0 Å². The fourth-order valence-corrected chi connectivity index (χ4v) is 3.13. The van der Waals surface area contributed by atoms with Crippen LogP contribution in [0, 0.1) is 5.92 Å². The second-order valence-corrected chi connectivity index (χ2v) is 6.29. The van der Waals surface area contributed by atoms with E-state index in [-0.39, 0.29) is 0 Å². The molecule has 1 saturated heterocycles. The molecule has 0 spiro atoms. The monoisotopic (exact) mass is 299 g/mol. The standard InChI is InChI=1S/C17H25N5/c1-3-8-22-13-15(12-20-22)17-16(18-6-7-19-17)11-14-4-9-21(2)10-5-14/h6-7,12-14H,3-5,8-11H2,1-2H3. The molecule has 3 rings (SSSR count). The molecule has 0 bridgehead atoms. The van der Waals surface area contributed by atoms with Gasteiger partial charge in [-0.3, -0.25) is 14.6 Å². The van der Waals surface area contributed by atoms with Crippen LogP contribution in [0.15, 0.2) is 24.8 Å². The number of piperidine rings is 1. The zero-order chi connectivity index (χ0) is 15.4. The summed E-state index contributed by atoms with van der Waals surface area (Å²) in [6.45, 7) is 5.49. The molecule has 0 aliphatic carbocycles. The molecule has 3 heterocycles. The molecule has 118 valence electrons. The van der Waals surface area contributed by atoms with Gasteiger partial charge in [-0.15, -0.1) is 0 Å². The third-order valence-corrected chi connectivity index (χ3v) is 4.45. The van der Waals surface area contributed by atoms with Crippen LogP contribution in [0.4, 0.5) is 0 Å². The van der Waals surface area contributed by atoms with E-state index in [9.17, 15) is 0 Å². The average Bonchev–Trinajstić information content (AvgIpc) is 2.99. The van der Waals surface area contributed by atoms with Crippen molar-refractivity contribution in [2.24, 2.45) is 5.92 Å². The van der Waals surface area contributed by atoms with E-state index in [1.165, 1.54) is 25.9 Å². The zero-order valence-corrected chi connectivity index (χ0v) is 13.6. The first-order valence-corrected chi connectivity index (χ1v) is 8.27. The third kappa shape index (κ3) is 3.53. The molecule has 0 atom stereocenters. The van der Waals surface area contributed by atoms with Crippen LogP contribution in [-0.4, -0.2) is 44.8 Å². The second-order valence-electron chi connectivity index (χ2n) is 6.29. The van der Waals surface area contributed by atoms with Gasteiger partial charge in [0.05, 0.1) is 17.6 Å². The Hall–Kier alpha value is -1.75. The lowest BCUT2D eigenvalue weighted by atomic mass is 9.91. The van der Waals surface area contributed by atoms with Crippen molar-refractivity contribution in [1.82, 2.24) is 24.6 Å². The number of rotatable bonds is 5. The number of likely N-dealkylation sites (tertiary alicyclic amines) is 1. The van der Waals surface area contributed by atoms with E-state index < -0.39 is 0 Å². The van der Waals surface area contributed by atoms with Crippen LogP contribution in [0.25, 0.3) is 11.3 Å². The van der Waals surface area contributed by atoms with Crippen molar-refractivity contribution in [1.29, 1.82) is 0 Å². The molecule has 0 amide bonds. The Kier molecular flexibility index (Phi) is 4.83. The summed E-state index contributed by atoms with van der Waals surface area (Å²) in [5, 5.41) is 4.42. The van der Waals surface area contributed by atoms with Crippen LogP contribution in [0.2, 0.25) is 0 Å². The van der Waals surface area contributed by atoms with E-state index in [1.807, 2.05) is 17.1 Å². The van der Waals surface area contributed by atoms with Crippen molar-refractivity contribution in [2.45, 2.75) is 39.2 Å². The first-order chi connectivity index (χ1) is 10.8. The highest BCUT2D eigenvalue weighted by Crippen LogP contribution is 2.25. The summed E-state index contributed by atoms with van der Waals surface area (Å²) in [5.74, 6) is 0.720. The Morgan fingerprint density at radius 2 is 1.95 bits per heavy atom. The molecule has 2 aromatic rings. The van der Waals surface area contributed by atoms with Gasteiger partial charge in [-0.1, -0.05) is 6.92 Å². The predicted octanol–water partition coefficient (Wildman–Crippen LogP) is 2.63. The maximum absolute atomic E-state index is 4.61. The van der Waals surface area contributed by atoms with E-state index >= 15 is 0 Å². The van der Waals surface area contributed by atoms with E-state index in [0.29, 0.717) is 0 Å². The van der Waals surface area contributed by atoms with Gasteiger partial charge in [0, 0.05) is 30.7 Å². The number of hydrogen-bond acceptors (Lipinski definition) is 4. The average molecular weight is 299 g/mol. The smallest absolute Gasteiger partial charge is 0.0948 e. The highest BCUT2D eigenvalue weighted by atomic mass is 15.3. The summed E-state index contributed by atoms with van der Waals surface area (Å²) in [7, 11) is 2.20. The van der Waals surface area contributed by atoms with Gasteiger partial charge in [-0.2, -0.15) is 5.10 Å². The summed E-state index contributed by atoms with van der Waals surface area (Å²) in [4.78, 5) is 11.6. The number of hydrogen-bond donors (Lipinski definition) is 0. The zero-order valence-electron chi connectivity index (χ0n) is 13.6. The molecule has 0 aromatic carbocycles. The van der Waals surface area contributed by atoms with Crippen LogP contribution in [0.1, 0.15) is 31.9 Å². The lowest BCUT2D eigenvalue weighted by molar-refractivity contribution is 0.218. The summed E-state index contributed by atoms with van der Waals surface area (Å²) in [5.41, 5.74) is 3.21. The number of aromatic nitrogens is 4. The maximum atomic E-state index is 4.61. The molecule has 1 aliphatic rings. The van der Waals surface area contributed by atoms with Crippen LogP contribution >= 0.6 is 0 Å². The quantitative estimate of drug-likeness (QED) is 0.851. The number of nitrogens with zero attached hydrogens (tertiary/aromatic N) is 5. The molecule has 2 aromatic heterocycles. The molecule has 5 nitrogen and oxygen atoms in total. The normalized spacial score (nSPS) is 17.0. The van der Waals surface area contributed by atoms with Gasteiger partial charge < -0.3 is 4.90 Å². The molecule has 0 unspecified atom stereocenters. The van der Waals surface area contributed by atoms with E-state index in [4.69, 9.17) is 0 Å². The molecule has 1 aliphatic heterocycles. The van der Waals surface area contributed by atoms with Gasteiger partial charge in [0.2, 0.25) is 0 Å². The molecular weight excluding hydrogens is 274 g/mol. The summed E-state index contributed by atoms with van der Waals surface area (Å²) in [6.07, 6.45) is 12.2. The van der Waals surface area contributed by atoms with Crippen molar-refractivity contribution >= 4 is 0 Å². The minimum atomic E-state index is 0.720. The van der Waals surface area contributed by atoms with Gasteiger partial charge in [0.25, 0.3) is 0 Å². The van der Waals surface area contributed by atoms with Gasteiger partial charge in [0.1, 0.15) is 0 Å². The van der Waals surface area contributed by atoms with Crippen LogP contribution in [0.3, 0.4) is 0 Å². The Bertz CT molecular complexity index is 599. The Balaban J connectivity index is 1.77. The first kappa shape index (κ1) is 15.2. The van der Waals surface area contributed by atoms with Crippen LogP contribution in [0.5, 0.6) is 0 Å². The van der Waals surface area contributed by atoms with Crippen molar-refractivity contribution < 1.29 is 0 Å². The highest BCUT2D eigenvalue weighted by molar-refractivity contribution is 5.59. The lowest BCUT2D eigenvalue weighted by Gasteiger charge is -2.28. The number of aryl methyl sites for hydroxylation is 1. The van der Waals surface area contributed by atoms with Crippen molar-refractivity contribution in [2.75, 3.05) is 20.1 Å². The van der Waals surface area contributed by atoms with Crippen LogP contribution < -0.4 is 0 Å². The van der Waals surface area contributed by atoms with Crippen molar-refractivity contribution in [3.05, 3.63) is 30.5 Å². The molecule has 0 N–H and O–H groups in total. The predicted molar refractivity (Wildman–Crippen MR) is 87.5 cm³/mol. The van der Waals surface area contributed by atoms with E-state index in [1.54, 1.807) is 6.20 Å². The van der Waals surface area contributed by atoms with Gasteiger partial charge in [0.15, 0.2) is 0 Å².